The Morgan fingerprint density at radius 1 is 0.921 bits per heavy atom. The number of nitrogens with one attached hydrogen (secondary N) is 2. The maximum absolute atomic E-state index is 12.9. The fourth-order valence-corrected chi connectivity index (χ4v) is 6.91. The van der Waals surface area contributed by atoms with Crippen LogP contribution in [0, 0.1) is 26.7 Å². The number of nitrogens with zero attached hydrogens (tertiary/aromatic N) is 3. The van der Waals surface area contributed by atoms with Gasteiger partial charge in [-0.2, -0.15) is 0 Å². The molecule has 0 radical (unpaired) electrons. The van der Waals surface area contributed by atoms with Crippen LogP contribution < -0.4 is 10.0 Å². The molecule has 3 aromatic rings. The smallest absolute Gasteiger partial charge is 0.264 e. The molecule has 1 aromatic heterocycles. The lowest BCUT2D eigenvalue weighted by Gasteiger charge is -2.30. The van der Waals surface area contributed by atoms with Crippen LogP contribution in [0.25, 0.3) is 0 Å². The largest absolute Gasteiger partial charge is 0.326 e. The predicted octanol–water partition coefficient (Wildman–Crippen LogP) is 3.38. The highest BCUT2D eigenvalue weighted by molar-refractivity contribution is 7.92. The molecule has 2 N–H and O–H groups in total. The van der Waals surface area contributed by atoms with Gasteiger partial charge >= 0.3 is 0 Å². The topological polar surface area (TPSA) is 138 Å². The molecule has 1 aliphatic rings. The lowest BCUT2D eigenvalue weighted by molar-refractivity contribution is -0.120. The lowest BCUT2D eigenvalue weighted by atomic mass is 9.97. The van der Waals surface area contributed by atoms with E-state index in [0.29, 0.717) is 29.9 Å². The highest BCUT2D eigenvalue weighted by Crippen LogP contribution is 2.24. The number of piperidine rings is 1. The second-order valence-electron chi connectivity index (χ2n) is 9.51. The van der Waals surface area contributed by atoms with Gasteiger partial charge in [0.25, 0.3) is 10.0 Å². The van der Waals surface area contributed by atoms with E-state index >= 15 is 0 Å². The van der Waals surface area contributed by atoms with Crippen molar-refractivity contribution in [1.29, 1.82) is 0 Å². The summed E-state index contributed by atoms with van der Waals surface area (Å²) >= 11 is 0. The van der Waals surface area contributed by atoms with Gasteiger partial charge in [0.2, 0.25) is 21.9 Å². The van der Waals surface area contributed by atoms with E-state index in [1.165, 1.54) is 28.6 Å². The number of anilines is 2. The van der Waals surface area contributed by atoms with E-state index in [-0.39, 0.29) is 41.5 Å². The van der Waals surface area contributed by atoms with Crippen molar-refractivity contribution in [3.63, 3.8) is 0 Å². The number of carbonyl (C=O) groups is 1. The molecule has 0 aliphatic carbocycles. The van der Waals surface area contributed by atoms with Gasteiger partial charge in [-0.05, 0) is 69.5 Å². The number of carbonyl (C=O) groups excluding carboxylic acids is 1. The lowest BCUT2D eigenvalue weighted by Crippen LogP contribution is -2.41. The molecule has 1 amide bonds. The average molecular weight is 558 g/mol. The molecule has 0 atom stereocenters. The SMILES string of the molecule is Cc1cccc(CS(=O)(=O)N2CCC(C(=O)Nc3ccc(S(=O)(=O)Nc4nc(C)cc(C)n4)cc3)CC2)c1. The van der Waals surface area contributed by atoms with Gasteiger partial charge in [0.15, 0.2) is 0 Å². The van der Waals surface area contributed by atoms with Gasteiger partial charge in [-0.3, -0.25) is 4.79 Å². The van der Waals surface area contributed by atoms with Crippen molar-refractivity contribution < 1.29 is 21.6 Å². The molecule has 0 saturated carbocycles. The zero-order chi connectivity index (χ0) is 27.5. The first-order valence-electron chi connectivity index (χ1n) is 12.2. The van der Waals surface area contributed by atoms with Crippen LogP contribution in [0.1, 0.15) is 35.4 Å². The first kappa shape index (κ1) is 27.7. The Morgan fingerprint density at radius 3 is 2.16 bits per heavy atom. The van der Waals surface area contributed by atoms with E-state index < -0.39 is 20.0 Å². The van der Waals surface area contributed by atoms with E-state index in [2.05, 4.69) is 20.0 Å². The molecule has 4 rings (SSSR count). The molecule has 10 nitrogen and oxygen atoms in total. The van der Waals surface area contributed by atoms with Crippen molar-refractivity contribution in [2.45, 2.75) is 44.3 Å². The molecule has 0 bridgehead atoms. The van der Waals surface area contributed by atoms with Crippen LogP contribution in [0.3, 0.4) is 0 Å². The van der Waals surface area contributed by atoms with E-state index in [9.17, 15) is 21.6 Å². The summed E-state index contributed by atoms with van der Waals surface area (Å²) in [6.45, 7) is 5.96. The number of sulfonamides is 2. The summed E-state index contributed by atoms with van der Waals surface area (Å²) in [7, 11) is -7.39. The van der Waals surface area contributed by atoms with E-state index in [0.717, 1.165) is 11.1 Å². The fourth-order valence-electron chi connectivity index (χ4n) is 4.41. The van der Waals surface area contributed by atoms with Crippen molar-refractivity contribution in [2.75, 3.05) is 23.1 Å². The molecule has 38 heavy (non-hydrogen) atoms. The first-order valence-corrected chi connectivity index (χ1v) is 15.3. The van der Waals surface area contributed by atoms with E-state index in [4.69, 9.17) is 0 Å². The average Bonchev–Trinajstić information content (AvgIpc) is 2.83. The van der Waals surface area contributed by atoms with Gasteiger partial charge in [0.1, 0.15) is 0 Å². The number of amides is 1. The molecule has 1 fully saturated rings. The molecule has 12 heteroatoms. The van der Waals surface area contributed by atoms with Crippen molar-refractivity contribution in [3.05, 3.63) is 77.1 Å². The van der Waals surface area contributed by atoms with Crippen molar-refractivity contribution in [1.82, 2.24) is 14.3 Å². The number of rotatable bonds is 8. The molecule has 1 saturated heterocycles. The minimum Gasteiger partial charge on any atom is -0.326 e. The molecular weight excluding hydrogens is 526 g/mol. The van der Waals surface area contributed by atoms with Crippen molar-refractivity contribution in [2.24, 2.45) is 5.92 Å². The molecule has 202 valence electrons. The number of hydrogen-bond donors (Lipinski definition) is 2. The highest BCUT2D eigenvalue weighted by Gasteiger charge is 2.31. The van der Waals surface area contributed by atoms with Crippen LogP contribution in [0.2, 0.25) is 0 Å². The van der Waals surface area contributed by atoms with Crippen LogP contribution in [0.5, 0.6) is 0 Å². The third-order valence-electron chi connectivity index (χ3n) is 6.29. The van der Waals surface area contributed by atoms with Gasteiger partial charge in [-0.25, -0.2) is 35.8 Å². The van der Waals surface area contributed by atoms with E-state index in [1.807, 2.05) is 25.1 Å². The number of aryl methyl sites for hydroxylation is 3. The quantitative estimate of drug-likeness (QED) is 0.433. The zero-order valence-corrected chi connectivity index (χ0v) is 23.1. The molecular formula is C26H31N5O5S2. The Bertz CT molecular complexity index is 1510. The summed E-state index contributed by atoms with van der Waals surface area (Å²) in [5.41, 5.74) is 3.48. The third kappa shape index (κ3) is 6.94. The number of benzene rings is 2. The number of aromatic nitrogens is 2. The Hall–Kier alpha value is -3.35. The second kappa shape index (κ2) is 11.2. The van der Waals surface area contributed by atoms with Gasteiger partial charge in [-0.15, -0.1) is 0 Å². The van der Waals surface area contributed by atoms with Gasteiger partial charge in [0.05, 0.1) is 10.6 Å². The summed E-state index contributed by atoms with van der Waals surface area (Å²) in [6.07, 6.45) is 0.816. The fraction of sp³-hybridized carbons (Fsp3) is 0.346. The van der Waals surface area contributed by atoms with E-state index in [1.54, 1.807) is 26.0 Å². The summed E-state index contributed by atoms with van der Waals surface area (Å²) in [4.78, 5) is 21.0. The molecule has 2 heterocycles. The van der Waals surface area contributed by atoms with Crippen LogP contribution in [0.15, 0.2) is 59.5 Å². The Morgan fingerprint density at radius 2 is 1.55 bits per heavy atom. The van der Waals surface area contributed by atoms with Gasteiger partial charge < -0.3 is 5.32 Å². The van der Waals surface area contributed by atoms with Crippen LogP contribution >= 0.6 is 0 Å². The van der Waals surface area contributed by atoms with Gasteiger partial charge in [0, 0.05) is 36.1 Å². The summed E-state index contributed by atoms with van der Waals surface area (Å²) in [5, 5.41) is 2.81. The molecule has 0 spiro atoms. The maximum atomic E-state index is 12.9. The predicted molar refractivity (Wildman–Crippen MR) is 145 cm³/mol. The third-order valence-corrected chi connectivity index (χ3v) is 9.48. The second-order valence-corrected chi connectivity index (χ2v) is 13.2. The van der Waals surface area contributed by atoms with Gasteiger partial charge in [-0.1, -0.05) is 29.8 Å². The normalized spacial score (nSPS) is 15.2. The minimum atomic E-state index is -3.91. The monoisotopic (exact) mass is 557 g/mol. The summed E-state index contributed by atoms with van der Waals surface area (Å²) in [5.74, 6) is -0.636. The molecule has 2 aromatic carbocycles. The number of hydrogen-bond acceptors (Lipinski definition) is 7. The van der Waals surface area contributed by atoms with Crippen LogP contribution in [-0.4, -0.2) is 50.1 Å². The summed E-state index contributed by atoms with van der Waals surface area (Å²) < 4.78 is 55.0. The molecule has 0 unspecified atom stereocenters. The Labute approximate surface area is 223 Å². The zero-order valence-electron chi connectivity index (χ0n) is 21.5. The standard InChI is InChI=1S/C26H31N5O5S2/c1-18-5-4-6-21(15-18)17-37(33,34)31-13-11-22(12-14-31)25(32)29-23-7-9-24(10-8-23)38(35,36)30-26-27-19(2)16-20(3)28-26/h4-10,15-16,22H,11-14,17H2,1-3H3,(H,29,32)(H,27,28,30). The van der Waals surface area contributed by atoms with Crippen molar-refractivity contribution >= 4 is 37.6 Å². The first-order chi connectivity index (χ1) is 17.9. The van der Waals surface area contributed by atoms with Crippen LogP contribution in [-0.2, 0) is 30.6 Å². The van der Waals surface area contributed by atoms with Crippen LogP contribution in [0.4, 0.5) is 11.6 Å². The van der Waals surface area contributed by atoms with Crippen molar-refractivity contribution in [3.8, 4) is 0 Å². The molecule has 1 aliphatic heterocycles. The maximum Gasteiger partial charge on any atom is 0.264 e. The minimum absolute atomic E-state index is 0.00498. The Balaban J connectivity index is 1.32. The Kier molecular flexibility index (Phi) is 8.14. The highest BCUT2D eigenvalue weighted by atomic mass is 32.2. The summed E-state index contributed by atoms with van der Waals surface area (Å²) in [6, 6.07) is 15.0.